The molecule has 2 aliphatic rings. The van der Waals surface area contributed by atoms with Crippen LogP contribution in [0.15, 0.2) is 48.7 Å². The Morgan fingerprint density at radius 1 is 0.976 bits per heavy atom. The molecule has 41 heavy (non-hydrogen) atoms. The van der Waals surface area contributed by atoms with Gasteiger partial charge in [-0.2, -0.15) is 0 Å². The lowest BCUT2D eigenvalue weighted by molar-refractivity contribution is 0.182. The van der Waals surface area contributed by atoms with Gasteiger partial charge in [-0.15, -0.1) is 0 Å². The quantitative estimate of drug-likeness (QED) is 0.270. The lowest BCUT2D eigenvalue weighted by atomic mass is 9.88. The molecule has 214 valence electrons. The lowest BCUT2D eigenvalue weighted by Gasteiger charge is -2.29. The average Bonchev–Trinajstić information content (AvgIpc) is 3.41. The molecule has 0 unspecified atom stereocenters. The Morgan fingerprint density at radius 2 is 1.73 bits per heavy atom. The van der Waals surface area contributed by atoms with E-state index < -0.39 is 0 Å². The van der Waals surface area contributed by atoms with Gasteiger partial charge >= 0.3 is 0 Å². The summed E-state index contributed by atoms with van der Waals surface area (Å²) >= 11 is 0. The van der Waals surface area contributed by atoms with Crippen LogP contribution in [0, 0.1) is 0 Å². The molecule has 1 saturated heterocycles. The van der Waals surface area contributed by atoms with Crippen LogP contribution < -0.4 is 15.8 Å². The van der Waals surface area contributed by atoms with Crippen LogP contribution in [0.4, 0.5) is 11.6 Å². The van der Waals surface area contributed by atoms with Gasteiger partial charge in [-0.05, 0) is 87.3 Å². The predicted molar refractivity (Wildman–Crippen MR) is 165 cm³/mol. The van der Waals surface area contributed by atoms with Crippen LogP contribution in [0.25, 0.3) is 33.3 Å². The maximum Gasteiger partial charge on any atom is 0.151 e. The minimum absolute atomic E-state index is 0.176. The molecular formula is C33H40N6O2. The number of nitrogens with zero attached hydrogens (tertiary/aromatic N) is 4. The van der Waals surface area contributed by atoms with Crippen molar-refractivity contribution < 1.29 is 9.84 Å². The van der Waals surface area contributed by atoms with Crippen LogP contribution in [-0.2, 0) is 6.42 Å². The highest BCUT2D eigenvalue weighted by molar-refractivity contribution is 5.97. The molecule has 0 radical (unpaired) electrons. The number of ether oxygens (including phenoxy) is 1. The number of nitrogen functional groups attached to an aromatic ring is 1. The summed E-state index contributed by atoms with van der Waals surface area (Å²) in [6, 6.07) is 15.4. The topological polar surface area (TPSA) is 109 Å². The van der Waals surface area contributed by atoms with Gasteiger partial charge in [0.1, 0.15) is 22.6 Å². The third kappa shape index (κ3) is 5.59. The maximum atomic E-state index is 10.0. The van der Waals surface area contributed by atoms with Crippen LogP contribution in [0.2, 0.25) is 0 Å². The van der Waals surface area contributed by atoms with E-state index in [2.05, 4.69) is 65.6 Å². The van der Waals surface area contributed by atoms with Gasteiger partial charge in [-0.1, -0.05) is 43.3 Å². The molecule has 8 nitrogen and oxygen atoms in total. The second-order valence-electron chi connectivity index (χ2n) is 11.5. The Bertz CT molecular complexity index is 1530. The van der Waals surface area contributed by atoms with Crippen LogP contribution >= 0.6 is 0 Å². The molecule has 4 aromatic rings. The molecule has 2 aromatic carbocycles. The first-order chi connectivity index (χ1) is 19.9. The number of fused-ring (bicyclic) bond motifs is 1. The number of anilines is 2. The fourth-order valence-corrected chi connectivity index (χ4v) is 6.32. The average molecular weight is 553 g/mol. The molecule has 0 amide bonds. The highest BCUT2D eigenvalue weighted by atomic mass is 16.5. The summed E-state index contributed by atoms with van der Waals surface area (Å²) in [5, 5.41) is 13.6. The highest BCUT2D eigenvalue weighted by Crippen LogP contribution is 2.38. The van der Waals surface area contributed by atoms with Crippen molar-refractivity contribution in [1.82, 2.24) is 19.9 Å². The third-order valence-corrected chi connectivity index (χ3v) is 8.80. The number of rotatable bonds is 7. The number of likely N-dealkylation sites (tertiary alicyclic amines) is 1. The van der Waals surface area contributed by atoms with E-state index in [1.165, 1.54) is 18.4 Å². The van der Waals surface area contributed by atoms with Crippen molar-refractivity contribution in [3.8, 4) is 28.0 Å². The molecule has 3 heterocycles. The summed E-state index contributed by atoms with van der Waals surface area (Å²) in [6.45, 7) is 4.37. The normalized spacial score (nSPS) is 20.0. The van der Waals surface area contributed by atoms with Gasteiger partial charge < -0.3 is 25.8 Å². The zero-order valence-corrected chi connectivity index (χ0v) is 24.2. The number of aromatic nitrogens is 3. The number of methoxy groups -OCH3 is 1. The molecule has 2 fully saturated rings. The number of nitrogens with one attached hydrogen (secondary N) is 1. The molecule has 1 saturated carbocycles. The van der Waals surface area contributed by atoms with E-state index in [0.717, 1.165) is 65.4 Å². The van der Waals surface area contributed by atoms with E-state index in [1.807, 2.05) is 6.07 Å². The van der Waals surface area contributed by atoms with Crippen molar-refractivity contribution in [2.45, 2.75) is 63.5 Å². The number of nitrogens with two attached hydrogens (primary N) is 1. The Hall–Kier alpha value is -3.75. The number of hydrogen-bond acceptors (Lipinski definition) is 8. The summed E-state index contributed by atoms with van der Waals surface area (Å²) in [6.07, 6.45) is 7.06. The number of benzene rings is 2. The molecule has 4 N–H and O–H groups in total. The van der Waals surface area contributed by atoms with Gasteiger partial charge in [0.05, 0.1) is 18.9 Å². The summed E-state index contributed by atoms with van der Waals surface area (Å²) < 4.78 is 5.89. The number of aryl methyl sites for hydroxylation is 1. The molecule has 2 atom stereocenters. The van der Waals surface area contributed by atoms with E-state index in [4.69, 9.17) is 20.4 Å². The molecular weight excluding hydrogens is 512 g/mol. The van der Waals surface area contributed by atoms with E-state index in [1.54, 1.807) is 13.3 Å². The van der Waals surface area contributed by atoms with Gasteiger partial charge in [0, 0.05) is 23.4 Å². The Balaban J connectivity index is 1.34. The zero-order valence-electron chi connectivity index (χ0n) is 24.2. The summed E-state index contributed by atoms with van der Waals surface area (Å²) in [7, 11) is 3.91. The smallest absolute Gasteiger partial charge is 0.151 e. The first-order valence-corrected chi connectivity index (χ1v) is 14.8. The van der Waals surface area contributed by atoms with Crippen molar-refractivity contribution >= 4 is 22.7 Å². The molecule has 1 aliphatic heterocycles. The van der Waals surface area contributed by atoms with Crippen LogP contribution in [0.3, 0.4) is 0 Å². The Morgan fingerprint density at radius 3 is 2.41 bits per heavy atom. The monoisotopic (exact) mass is 552 g/mol. The first kappa shape index (κ1) is 27.4. The van der Waals surface area contributed by atoms with Gasteiger partial charge in [-0.25, -0.2) is 15.0 Å². The Kier molecular flexibility index (Phi) is 7.77. The summed E-state index contributed by atoms with van der Waals surface area (Å²) in [5.41, 5.74) is 13.8. The van der Waals surface area contributed by atoms with E-state index in [-0.39, 0.29) is 12.1 Å². The Labute approximate surface area is 242 Å². The number of aliphatic hydroxyl groups is 1. The lowest BCUT2D eigenvalue weighted by Crippen LogP contribution is -2.29. The van der Waals surface area contributed by atoms with Crippen LogP contribution in [-0.4, -0.2) is 64.4 Å². The first-order valence-electron chi connectivity index (χ1n) is 14.8. The molecule has 8 heteroatoms. The highest BCUT2D eigenvalue weighted by Gasteiger charge is 2.25. The van der Waals surface area contributed by atoms with Gasteiger partial charge in [-0.3, -0.25) is 0 Å². The minimum atomic E-state index is -0.266. The SMILES string of the molecule is CCc1nc2c(N)ncc(-c3ccc(-c4ccc(C5CCN(C)CC5)cc4)c(OC)c3)c2nc1N[C@@H]1CC[C@H](O)C1. The minimum Gasteiger partial charge on any atom is -0.496 e. The second-order valence-corrected chi connectivity index (χ2v) is 11.5. The van der Waals surface area contributed by atoms with Crippen LogP contribution in [0.5, 0.6) is 5.75 Å². The standard InChI is InChI=1S/C33H40N6O2/c1-4-28-33(36-24-10-11-25(40)18-24)38-30-27(19-35-32(34)31(30)37-28)23-9-12-26(29(17-23)41-3)22-7-5-20(6-8-22)21-13-15-39(2)16-14-21/h5-9,12,17,19,21,24-25,40H,4,10-11,13-16,18H2,1-3H3,(H2,34,35)(H,36,38)/t24-,25+/m1/s1. The van der Waals surface area contributed by atoms with Crippen molar-refractivity contribution in [2.75, 3.05) is 38.3 Å². The van der Waals surface area contributed by atoms with E-state index in [0.29, 0.717) is 35.6 Å². The van der Waals surface area contributed by atoms with Gasteiger partial charge in [0.2, 0.25) is 0 Å². The molecule has 0 bridgehead atoms. The van der Waals surface area contributed by atoms with E-state index >= 15 is 0 Å². The molecule has 0 spiro atoms. The molecule has 6 rings (SSSR count). The number of pyridine rings is 1. The fourth-order valence-electron chi connectivity index (χ4n) is 6.32. The van der Waals surface area contributed by atoms with E-state index in [9.17, 15) is 5.11 Å². The third-order valence-electron chi connectivity index (χ3n) is 8.80. The van der Waals surface area contributed by atoms with Crippen molar-refractivity contribution in [2.24, 2.45) is 0 Å². The van der Waals surface area contributed by atoms with Crippen molar-refractivity contribution in [3.63, 3.8) is 0 Å². The number of piperidine rings is 1. The predicted octanol–water partition coefficient (Wildman–Crippen LogP) is 5.65. The number of aliphatic hydroxyl groups excluding tert-OH is 1. The maximum absolute atomic E-state index is 10.0. The van der Waals surface area contributed by atoms with Crippen LogP contribution in [0.1, 0.15) is 56.2 Å². The molecule has 2 aromatic heterocycles. The summed E-state index contributed by atoms with van der Waals surface area (Å²) in [4.78, 5) is 16.8. The number of hydrogen-bond donors (Lipinski definition) is 3. The molecule has 1 aliphatic carbocycles. The van der Waals surface area contributed by atoms with Crippen molar-refractivity contribution in [3.05, 3.63) is 59.9 Å². The van der Waals surface area contributed by atoms with Gasteiger partial charge in [0.25, 0.3) is 0 Å². The summed E-state index contributed by atoms with van der Waals surface area (Å²) in [5.74, 6) is 2.53. The van der Waals surface area contributed by atoms with Gasteiger partial charge in [0.15, 0.2) is 5.82 Å². The van der Waals surface area contributed by atoms with Crippen molar-refractivity contribution in [1.29, 1.82) is 0 Å². The second kappa shape index (κ2) is 11.6. The largest absolute Gasteiger partial charge is 0.496 e. The fraction of sp³-hybridized carbons (Fsp3) is 0.424. The zero-order chi connectivity index (χ0) is 28.5.